The van der Waals surface area contributed by atoms with E-state index in [1.165, 1.54) is 18.2 Å². The highest BCUT2D eigenvalue weighted by atomic mass is 35.5. The maximum Gasteiger partial charge on any atom is 0.335 e. The van der Waals surface area contributed by atoms with Crippen LogP contribution >= 0.6 is 11.6 Å². The highest BCUT2D eigenvalue weighted by Gasteiger charge is 2.16. The average Bonchev–Trinajstić information content (AvgIpc) is 2.90. The Hall–Kier alpha value is -4.25. The maximum atomic E-state index is 11.1. The largest absolute Gasteiger partial charge is 0.506 e. The molecule has 0 fully saturated rings. The Labute approximate surface area is 224 Å². The van der Waals surface area contributed by atoms with E-state index in [1.807, 2.05) is 60.7 Å². The lowest BCUT2D eigenvalue weighted by Gasteiger charge is -2.11. The predicted octanol–water partition coefficient (Wildman–Crippen LogP) is 5.61. The van der Waals surface area contributed by atoms with Crippen LogP contribution in [0.2, 0.25) is 5.02 Å². The monoisotopic (exact) mass is 556 g/mol. The fourth-order valence-corrected chi connectivity index (χ4v) is 4.07. The Morgan fingerprint density at radius 2 is 1.29 bits per heavy atom. The average molecular weight is 557 g/mol. The fourth-order valence-electron chi connectivity index (χ4n) is 3.25. The van der Waals surface area contributed by atoms with Gasteiger partial charge in [-0.05, 0) is 41.5 Å². The zero-order valence-electron chi connectivity index (χ0n) is 19.9. The number of benzene rings is 4. The van der Waals surface area contributed by atoms with Crippen LogP contribution in [0.5, 0.6) is 11.5 Å². The second-order valence-electron chi connectivity index (χ2n) is 7.99. The van der Waals surface area contributed by atoms with Gasteiger partial charge in [-0.15, -0.1) is 0 Å². The van der Waals surface area contributed by atoms with Gasteiger partial charge in [-0.25, -0.2) is 4.79 Å². The van der Waals surface area contributed by atoms with Crippen molar-refractivity contribution in [3.8, 4) is 11.5 Å². The van der Waals surface area contributed by atoms with Gasteiger partial charge in [0.05, 0.1) is 26.9 Å². The predicted molar refractivity (Wildman–Crippen MR) is 146 cm³/mol. The zero-order chi connectivity index (χ0) is 27.7. The number of phenolic OH excluding ortho intramolecular Hbond substituents is 2. The molecule has 38 heavy (non-hydrogen) atoms. The molecule has 4 aromatic rings. The van der Waals surface area contributed by atoms with Crippen LogP contribution < -0.4 is 10.6 Å². The van der Waals surface area contributed by atoms with Gasteiger partial charge in [0, 0.05) is 13.1 Å². The van der Waals surface area contributed by atoms with Crippen molar-refractivity contribution in [3.05, 3.63) is 113 Å². The standard InChI is InChI=1S/C14H13NO3.C13H12ClNO4S/c16-13-7-6-11(14(17)18)8-12(13)15-9-10-4-2-1-3-5-10;14-11-6-10(20(17,18)19)7-12(13(11)16)15-8-9-4-2-1-3-5-9/h1-8,15-16H,9H2,(H,17,18);1-7,15-16H,8H2,(H,17,18,19). The number of hydrogen-bond donors (Lipinski definition) is 6. The first-order valence-electron chi connectivity index (χ1n) is 11.2. The normalized spacial score (nSPS) is 10.7. The molecule has 0 radical (unpaired) electrons. The minimum absolute atomic E-state index is 0.0379. The van der Waals surface area contributed by atoms with Gasteiger partial charge in [-0.1, -0.05) is 72.3 Å². The number of nitrogens with one attached hydrogen (secondary N) is 2. The summed E-state index contributed by atoms with van der Waals surface area (Å²) in [4.78, 5) is 10.5. The van der Waals surface area contributed by atoms with E-state index < -0.39 is 16.1 Å². The quantitative estimate of drug-likeness (QED) is 0.120. The summed E-state index contributed by atoms with van der Waals surface area (Å²) in [6.45, 7) is 0.900. The third-order valence-electron chi connectivity index (χ3n) is 5.23. The number of aromatic hydroxyl groups is 2. The molecule has 0 aliphatic heterocycles. The Morgan fingerprint density at radius 3 is 1.79 bits per heavy atom. The maximum absolute atomic E-state index is 11.1. The van der Waals surface area contributed by atoms with Crippen molar-refractivity contribution in [2.75, 3.05) is 10.6 Å². The number of rotatable bonds is 8. The first-order chi connectivity index (χ1) is 18.0. The topological polar surface area (TPSA) is 156 Å². The molecule has 0 bridgehead atoms. The minimum atomic E-state index is -4.38. The van der Waals surface area contributed by atoms with Gasteiger partial charge in [0.15, 0.2) is 5.75 Å². The molecule has 0 spiro atoms. The highest BCUT2D eigenvalue weighted by molar-refractivity contribution is 7.85. The first-order valence-corrected chi connectivity index (χ1v) is 13.0. The molecule has 0 atom stereocenters. The van der Waals surface area contributed by atoms with Gasteiger partial charge in [0.1, 0.15) is 5.75 Å². The molecule has 0 saturated heterocycles. The summed E-state index contributed by atoms with van der Waals surface area (Å²) in [7, 11) is -4.38. The lowest BCUT2D eigenvalue weighted by Crippen LogP contribution is -2.03. The van der Waals surface area contributed by atoms with Gasteiger partial charge < -0.3 is 26.0 Å². The number of carboxylic acid groups (broad SMARTS) is 1. The molecule has 0 saturated carbocycles. The molecule has 0 aliphatic carbocycles. The van der Waals surface area contributed by atoms with E-state index in [0.717, 1.165) is 23.3 Å². The summed E-state index contributed by atoms with van der Waals surface area (Å²) in [6.07, 6.45) is 0. The second-order valence-corrected chi connectivity index (χ2v) is 9.82. The van der Waals surface area contributed by atoms with Crippen LogP contribution in [-0.2, 0) is 23.2 Å². The molecular weight excluding hydrogens is 532 g/mol. The lowest BCUT2D eigenvalue weighted by molar-refractivity contribution is 0.0697. The Balaban J connectivity index is 0.000000212. The minimum Gasteiger partial charge on any atom is -0.506 e. The Bertz CT molecular complexity index is 1500. The molecule has 0 amide bonds. The van der Waals surface area contributed by atoms with E-state index in [9.17, 15) is 23.4 Å². The van der Waals surface area contributed by atoms with Crippen molar-refractivity contribution in [3.63, 3.8) is 0 Å². The van der Waals surface area contributed by atoms with Gasteiger partial charge in [-0.2, -0.15) is 8.42 Å². The van der Waals surface area contributed by atoms with Crippen LogP contribution in [0.4, 0.5) is 11.4 Å². The highest BCUT2D eigenvalue weighted by Crippen LogP contribution is 2.35. The molecule has 4 aromatic carbocycles. The van der Waals surface area contributed by atoms with Gasteiger partial charge >= 0.3 is 5.97 Å². The van der Waals surface area contributed by atoms with Crippen LogP contribution in [0.1, 0.15) is 21.5 Å². The van der Waals surface area contributed by atoms with Crippen molar-refractivity contribution >= 4 is 39.1 Å². The van der Waals surface area contributed by atoms with E-state index >= 15 is 0 Å². The number of carboxylic acids is 1. The van der Waals surface area contributed by atoms with Crippen molar-refractivity contribution < 1.29 is 33.1 Å². The molecule has 0 aromatic heterocycles. The summed E-state index contributed by atoms with van der Waals surface area (Å²) in [5.74, 6) is -1.25. The summed E-state index contributed by atoms with van der Waals surface area (Å²) < 4.78 is 31.2. The smallest absolute Gasteiger partial charge is 0.335 e. The SMILES string of the molecule is O=C(O)c1ccc(O)c(NCc2ccccc2)c1.O=S(=O)(O)c1cc(Cl)c(O)c(NCc2ccccc2)c1. The zero-order valence-corrected chi connectivity index (χ0v) is 21.4. The van der Waals surface area contributed by atoms with E-state index in [-0.39, 0.29) is 32.7 Å². The summed E-state index contributed by atoms with van der Waals surface area (Å²) >= 11 is 5.74. The van der Waals surface area contributed by atoms with Gasteiger partial charge in [-0.3, -0.25) is 4.55 Å². The van der Waals surface area contributed by atoms with Gasteiger partial charge in [0.2, 0.25) is 0 Å². The molecule has 0 heterocycles. The van der Waals surface area contributed by atoms with Crippen LogP contribution in [0.15, 0.2) is 95.9 Å². The van der Waals surface area contributed by atoms with Crippen molar-refractivity contribution in [2.45, 2.75) is 18.0 Å². The van der Waals surface area contributed by atoms with Crippen LogP contribution in [0, 0.1) is 0 Å². The molecule has 0 unspecified atom stereocenters. The second kappa shape index (κ2) is 12.8. The fraction of sp³-hybridized carbons (Fsp3) is 0.0741. The molecule has 6 N–H and O–H groups in total. The van der Waals surface area contributed by atoms with Crippen LogP contribution in [-0.4, -0.2) is 34.3 Å². The van der Waals surface area contributed by atoms with E-state index in [1.54, 1.807) is 0 Å². The molecule has 0 aliphatic rings. The van der Waals surface area contributed by atoms with Crippen molar-refractivity contribution in [2.24, 2.45) is 0 Å². The molecule has 198 valence electrons. The summed E-state index contributed by atoms with van der Waals surface area (Å²) in [5, 5.41) is 34.0. The Morgan fingerprint density at radius 1 is 0.763 bits per heavy atom. The van der Waals surface area contributed by atoms with E-state index in [4.69, 9.17) is 21.3 Å². The molecule has 9 nitrogen and oxygen atoms in total. The van der Waals surface area contributed by atoms with Gasteiger partial charge in [0.25, 0.3) is 10.1 Å². The van der Waals surface area contributed by atoms with E-state index in [2.05, 4.69) is 10.6 Å². The number of anilines is 2. The summed E-state index contributed by atoms with van der Waals surface area (Å²) in [5.41, 5.74) is 2.69. The molecular formula is C27H25ClN2O7S. The van der Waals surface area contributed by atoms with Crippen LogP contribution in [0.25, 0.3) is 0 Å². The van der Waals surface area contributed by atoms with Crippen molar-refractivity contribution in [1.29, 1.82) is 0 Å². The van der Waals surface area contributed by atoms with Crippen molar-refractivity contribution in [1.82, 2.24) is 0 Å². The molecule has 11 heteroatoms. The lowest BCUT2D eigenvalue weighted by atomic mass is 10.1. The van der Waals surface area contributed by atoms with Crippen LogP contribution in [0.3, 0.4) is 0 Å². The number of halogens is 1. The number of carbonyl (C=O) groups is 1. The third-order valence-corrected chi connectivity index (χ3v) is 6.35. The summed E-state index contributed by atoms with van der Waals surface area (Å²) in [6, 6.07) is 25.3. The Kier molecular flexibility index (Phi) is 9.55. The number of aromatic carboxylic acids is 1. The van der Waals surface area contributed by atoms with E-state index in [0.29, 0.717) is 18.8 Å². The number of phenols is 2. The first kappa shape index (κ1) is 28.3. The third kappa shape index (κ3) is 8.13. The number of hydrogen-bond acceptors (Lipinski definition) is 7. The molecule has 4 rings (SSSR count).